The molecule has 5 rings (SSSR count). The summed E-state index contributed by atoms with van der Waals surface area (Å²) < 4.78 is 17.4. The number of ether oxygens (including phenoxy) is 3. The molecule has 0 saturated heterocycles. The van der Waals surface area contributed by atoms with E-state index in [4.69, 9.17) is 19.0 Å². The number of nitrogens with one attached hydrogen (secondary N) is 1. The van der Waals surface area contributed by atoms with Gasteiger partial charge in [0.05, 0.1) is 32.8 Å². The Balaban J connectivity index is 1.87. The number of hydrogen-bond donors (Lipinski definition) is 4. The lowest BCUT2D eigenvalue weighted by molar-refractivity contribution is -0.157. The normalized spacial score (nSPS) is 28.1. The number of benzene rings is 3. The third-order valence-electron chi connectivity index (χ3n) is 7.24. The highest BCUT2D eigenvalue weighted by molar-refractivity contribution is 5.82. The first-order valence-electron chi connectivity index (χ1n) is 11.4. The molecule has 9 nitrogen and oxygen atoms in total. The highest BCUT2D eigenvalue weighted by Crippen LogP contribution is 2.70. The second kappa shape index (κ2) is 8.70. The van der Waals surface area contributed by atoms with Crippen molar-refractivity contribution in [2.75, 3.05) is 21.3 Å². The van der Waals surface area contributed by atoms with E-state index in [1.165, 1.54) is 33.5 Å². The molecule has 1 heterocycles. The summed E-state index contributed by atoms with van der Waals surface area (Å²) in [7, 11) is 4.22. The number of carbonyl (C=O) groups excluding carboxylic acids is 1. The fraction of sp³-hybridized carbons (Fsp3) is 0.296. The Morgan fingerprint density at radius 3 is 2.31 bits per heavy atom. The lowest BCUT2D eigenvalue weighted by Crippen LogP contribution is -2.52. The number of hydroxylamine groups is 1. The van der Waals surface area contributed by atoms with Gasteiger partial charge in [-0.2, -0.15) is 0 Å². The molecule has 0 radical (unpaired) electrons. The maximum absolute atomic E-state index is 13.4. The lowest BCUT2D eigenvalue weighted by atomic mass is 9.70. The van der Waals surface area contributed by atoms with Crippen molar-refractivity contribution >= 4 is 5.91 Å². The number of phenolic OH excluding ortho intramolecular Hbond substituents is 1. The molecule has 9 heteroatoms. The number of aliphatic hydroxyl groups is 2. The standard InChI is InChI=1S/C27H27NO8/c1-33-18-11-9-16(10-12-18)27-22(15-7-5-4-6-8-15)21(25(31)28-35-3)24(30)26(27,32)23-19(34-2)13-17(29)14-20(23)36-27/h4-14,21-22,24,29-30,32H,1-3H3,(H,28,31)/t21-,22-,24-,26+,27+/m1/s1. The molecule has 188 valence electrons. The first kappa shape index (κ1) is 23.9. The topological polar surface area (TPSA) is 127 Å². The Hall–Kier alpha value is -3.79. The molecule has 2 aliphatic rings. The molecule has 4 N–H and O–H groups in total. The van der Waals surface area contributed by atoms with Gasteiger partial charge in [-0.1, -0.05) is 42.5 Å². The summed E-state index contributed by atoms with van der Waals surface area (Å²) in [6, 6.07) is 18.6. The van der Waals surface area contributed by atoms with Crippen LogP contribution in [0.4, 0.5) is 0 Å². The van der Waals surface area contributed by atoms with Gasteiger partial charge in [0.25, 0.3) is 0 Å². The molecule has 0 aromatic heterocycles. The van der Waals surface area contributed by atoms with Crippen molar-refractivity contribution in [3.63, 3.8) is 0 Å². The van der Waals surface area contributed by atoms with Crippen molar-refractivity contribution in [1.29, 1.82) is 0 Å². The quantitative estimate of drug-likeness (QED) is 0.386. The monoisotopic (exact) mass is 493 g/mol. The second-order valence-electron chi connectivity index (χ2n) is 8.88. The minimum absolute atomic E-state index is 0.113. The van der Waals surface area contributed by atoms with Crippen molar-refractivity contribution in [1.82, 2.24) is 5.48 Å². The van der Waals surface area contributed by atoms with Gasteiger partial charge < -0.3 is 29.5 Å². The van der Waals surface area contributed by atoms with E-state index < -0.39 is 35.0 Å². The van der Waals surface area contributed by atoms with Gasteiger partial charge in [0, 0.05) is 18.1 Å². The molecule has 0 unspecified atom stereocenters. The maximum Gasteiger partial charge on any atom is 0.250 e. The predicted molar refractivity (Wildman–Crippen MR) is 128 cm³/mol. The van der Waals surface area contributed by atoms with Gasteiger partial charge in [0.2, 0.25) is 5.91 Å². The van der Waals surface area contributed by atoms with Crippen LogP contribution in [-0.2, 0) is 20.8 Å². The van der Waals surface area contributed by atoms with Crippen molar-refractivity contribution in [2.24, 2.45) is 5.92 Å². The van der Waals surface area contributed by atoms with Gasteiger partial charge in [0.1, 0.15) is 29.1 Å². The number of methoxy groups -OCH3 is 2. The fourth-order valence-electron chi connectivity index (χ4n) is 5.86. The third kappa shape index (κ3) is 3.10. The van der Waals surface area contributed by atoms with Crippen molar-refractivity contribution < 1.29 is 39.2 Å². The molecule has 36 heavy (non-hydrogen) atoms. The highest BCUT2D eigenvalue weighted by Gasteiger charge is 2.78. The van der Waals surface area contributed by atoms with Gasteiger partial charge in [-0.15, -0.1) is 0 Å². The first-order valence-corrected chi connectivity index (χ1v) is 11.4. The zero-order valence-electron chi connectivity index (χ0n) is 20.0. The van der Waals surface area contributed by atoms with E-state index in [0.29, 0.717) is 16.9 Å². The summed E-state index contributed by atoms with van der Waals surface area (Å²) >= 11 is 0. The summed E-state index contributed by atoms with van der Waals surface area (Å²) in [5.74, 6) is -2.02. The molecular formula is C27H27NO8. The van der Waals surface area contributed by atoms with E-state index in [9.17, 15) is 20.1 Å². The Bertz CT molecular complexity index is 1280. The Morgan fingerprint density at radius 2 is 1.69 bits per heavy atom. The van der Waals surface area contributed by atoms with Gasteiger partial charge in [0.15, 0.2) is 11.2 Å². The number of fused-ring (bicyclic) bond motifs is 3. The van der Waals surface area contributed by atoms with Gasteiger partial charge in [-0.05, 0) is 23.3 Å². The SMILES string of the molecule is CONC(=O)[C@H]1[C@@H](O)[C@@]2(O)c3c(OC)cc(O)cc3O[C@@]2(c2ccc(OC)cc2)[C@@H]1c1ccccc1. The van der Waals surface area contributed by atoms with E-state index >= 15 is 0 Å². The molecule has 1 saturated carbocycles. The third-order valence-corrected chi connectivity index (χ3v) is 7.24. The van der Waals surface area contributed by atoms with Crippen LogP contribution in [0.5, 0.6) is 23.0 Å². The van der Waals surface area contributed by atoms with Crippen LogP contribution >= 0.6 is 0 Å². The molecule has 0 bridgehead atoms. The zero-order valence-corrected chi connectivity index (χ0v) is 20.0. The fourth-order valence-corrected chi connectivity index (χ4v) is 5.86. The summed E-state index contributed by atoms with van der Waals surface area (Å²) in [6.07, 6.45) is -1.65. The van der Waals surface area contributed by atoms with Gasteiger partial charge in [-0.3, -0.25) is 9.63 Å². The molecule has 1 aliphatic carbocycles. The molecule has 0 spiro atoms. The van der Waals surface area contributed by atoms with E-state index in [-0.39, 0.29) is 22.8 Å². The molecular weight excluding hydrogens is 466 g/mol. The van der Waals surface area contributed by atoms with E-state index in [1.54, 1.807) is 36.4 Å². The van der Waals surface area contributed by atoms with E-state index in [1.807, 2.05) is 18.2 Å². The smallest absolute Gasteiger partial charge is 0.250 e. The predicted octanol–water partition coefficient (Wildman–Crippen LogP) is 2.34. The maximum atomic E-state index is 13.4. The van der Waals surface area contributed by atoms with E-state index in [2.05, 4.69) is 5.48 Å². The molecule has 1 amide bonds. The number of rotatable bonds is 6. The second-order valence-corrected chi connectivity index (χ2v) is 8.88. The van der Waals surface area contributed by atoms with Crippen molar-refractivity contribution in [3.8, 4) is 23.0 Å². The Morgan fingerprint density at radius 1 is 1.00 bits per heavy atom. The Kier molecular flexibility index (Phi) is 5.78. The average molecular weight is 494 g/mol. The van der Waals surface area contributed by atoms with Crippen LogP contribution in [0.2, 0.25) is 0 Å². The molecule has 5 atom stereocenters. The van der Waals surface area contributed by atoms with Gasteiger partial charge in [-0.25, -0.2) is 5.48 Å². The van der Waals surface area contributed by atoms with Crippen LogP contribution in [0.3, 0.4) is 0 Å². The molecule has 1 fully saturated rings. The number of hydrogen-bond acceptors (Lipinski definition) is 8. The summed E-state index contributed by atoms with van der Waals surface area (Å²) in [5.41, 5.74) is -0.263. The van der Waals surface area contributed by atoms with Crippen LogP contribution in [0.25, 0.3) is 0 Å². The molecule has 3 aromatic rings. The van der Waals surface area contributed by atoms with Crippen LogP contribution < -0.4 is 19.7 Å². The molecule has 1 aliphatic heterocycles. The van der Waals surface area contributed by atoms with Crippen LogP contribution in [0.15, 0.2) is 66.7 Å². The van der Waals surface area contributed by atoms with Crippen LogP contribution in [-0.4, -0.2) is 48.7 Å². The summed E-state index contributed by atoms with van der Waals surface area (Å²) in [5, 5.41) is 34.8. The minimum atomic E-state index is -2.16. The highest BCUT2D eigenvalue weighted by atomic mass is 16.6. The number of carbonyl (C=O) groups is 1. The lowest BCUT2D eigenvalue weighted by Gasteiger charge is -2.40. The van der Waals surface area contributed by atoms with Crippen molar-refractivity contribution in [2.45, 2.75) is 23.2 Å². The number of amides is 1. The first-order chi connectivity index (χ1) is 17.3. The van der Waals surface area contributed by atoms with E-state index in [0.717, 1.165) is 0 Å². The van der Waals surface area contributed by atoms with Gasteiger partial charge >= 0.3 is 0 Å². The average Bonchev–Trinajstić information content (AvgIpc) is 3.26. The Labute approximate surface area is 207 Å². The number of aromatic hydroxyl groups is 1. The zero-order chi connectivity index (χ0) is 25.7. The van der Waals surface area contributed by atoms with Crippen LogP contribution in [0, 0.1) is 5.92 Å². The van der Waals surface area contributed by atoms with Crippen molar-refractivity contribution in [3.05, 3.63) is 83.4 Å². The molecule has 3 aromatic carbocycles. The number of phenols is 1. The summed E-state index contributed by atoms with van der Waals surface area (Å²) in [4.78, 5) is 18.2. The van der Waals surface area contributed by atoms with Crippen LogP contribution in [0.1, 0.15) is 22.6 Å². The summed E-state index contributed by atoms with van der Waals surface area (Å²) in [6.45, 7) is 0. The minimum Gasteiger partial charge on any atom is -0.508 e. The largest absolute Gasteiger partial charge is 0.508 e. The number of aliphatic hydroxyl groups excluding tert-OH is 1.